The lowest BCUT2D eigenvalue weighted by Crippen LogP contribution is -2.39. The van der Waals surface area contributed by atoms with Gasteiger partial charge in [-0.25, -0.2) is 4.98 Å². The molecular weight excluding hydrogens is 330 g/mol. The van der Waals surface area contributed by atoms with Crippen LogP contribution in [0.5, 0.6) is 5.75 Å². The second-order valence-corrected chi connectivity index (χ2v) is 7.16. The third kappa shape index (κ3) is 3.33. The van der Waals surface area contributed by atoms with Crippen LogP contribution in [-0.4, -0.2) is 17.6 Å². The molecular formula is C20H21N3OS. The first-order chi connectivity index (χ1) is 12.2. The van der Waals surface area contributed by atoms with Gasteiger partial charge in [0.2, 0.25) is 0 Å². The summed E-state index contributed by atoms with van der Waals surface area (Å²) in [5, 5.41) is 2.59. The Hall–Kier alpha value is -2.53. The lowest BCUT2D eigenvalue weighted by molar-refractivity contribution is 0.188. The standard InChI is InChI=1S/C20H21N3OS/c1-2-16-12-23(11-14-6-4-3-5-7-14)18-10-15(8-9-19(18)24-16)17-13-25-20(21)22-17/h3-10,13,16H,2,11-12H2,1H3,(H2,21,22). The van der Waals surface area contributed by atoms with Crippen LogP contribution in [0, 0.1) is 0 Å². The molecule has 1 aliphatic rings. The number of nitrogen functional groups attached to an aromatic ring is 1. The summed E-state index contributed by atoms with van der Waals surface area (Å²) in [4.78, 5) is 6.81. The normalized spacial score (nSPS) is 16.4. The highest BCUT2D eigenvalue weighted by molar-refractivity contribution is 7.13. The van der Waals surface area contributed by atoms with Crippen molar-refractivity contribution in [1.29, 1.82) is 0 Å². The molecule has 1 unspecified atom stereocenters. The number of rotatable bonds is 4. The predicted molar refractivity (Wildman–Crippen MR) is 104 cm³/mol. The monoisotopic (exact) mass is 351 g/mol. The first-order valence-corrected chi connectivity index (χ1v) is 9.42. The Kier molecular flexibility index (Phi) is 4.32. The van der Waals surface area contributed by atoms with Gasteiger partial charge in [0, 0.05) is 17.5 Å². The quantitative estimate of drug-likeness (QED) is 0.748. The van der Waals surface area contributed by atoms with Crippen LogP contribution in [0.15, 0.2) is 53.9 Å². The maximum Gasteiger partial charge on any atom is 0.180 e. The maximum absolute atomic E-state index is 6.16. The van der Waals surface area contributed by atoms with Gasteiger partial charge >= 0.3 is 0 Å². The van der Waals surface area contributed by atoms with Crippen molar-refractivity contribution in [2.45, 2.75) is 26.0 Å². The molecule has 1 aromatic heterocycles. The molecule has 0 spiro atoms. The van der Waals surface area contributed by atoms with Gasteiger partial charge in [-0.05, 0) is 30.2 Å². The van der Waals surface area contributed by atoms with Crippen LogP contribution in [0.2, 0.25) is 0 Å². The van der Waals surface area contributed by atoms with E-state index in [-0.39, 0.29) is 6.10 Å². The molecule has 0 aliphatic carbocycles. The van der Waals surface area contributed by atoms with E-state index in [1.807, 2.05) is 5.38 Å². The zero-order valence-corrected chi connectivity index (χ0v) is 15.0. The number of thiazole rings is 1. The van der Waals surface area contributed by atoms with Crippen molar-refractivity contribution in [1.82, 2.24) is 4.98 Å². The van der Waals surface area contributed by atoms with Crippen LogP contribution in [0.4, 0.5) is 10.8 Å². The Bertz CT molecular complexity index is 862. The summed E-state index contributed by atoms with van der Waals surface area (Å²) < 4.78 is 6.16. The zero-order chi connectivity index (χ0) is 17.2. The van der Waals surface area contributed by atoms with Crippen LogP contribution in [0.25, 0.3) is 11.3 Å². The van der Waals surface area contributed by atoms with Gasteiger partial charge in [0.1, 0.15) is 11.9 Å². The van der Waals surface area contributed by atoms with Gasteiger partial charge in [-0.2, -0.15) is 0 Å². The number of ether oxygens (including phenoxy) is 1. The lowest BCUT2D eigenvalue weighted by Gasteiger charge is -2.36. The molecule has 0 saturated carbocycles. The van der Waals surface area contributed by atoms with Crippen LogP contribution in [0.1, 0.15) is 18.9 Å². The summed E-state index contributed by atoms with van der Waals surface area (Å²) in [6.45, 7) is 3.93. The molecule has 25 heavy (non-hydrogen) atoms. The fourth-order valence-corrected chi connectivity index (χ4v) is 3.74. The SMILES string of the molecule is CCC1CN(Cc2ccccc2)c2cc(-c3csc(N)n3)ccc2O1. The average molecular weight is 351 g/mol. The van der Waals surface area contributed by atoms with Gasteiger partial charge < -0.3 is 15.4 Å². The Morgan fingerprint density at radius 2 is 2.08 bits per heavy atom. The van der Waals surface area contributed by atoms with Gasteiger partial charge in [-0.15, -0.1) is 11.3 Å². The fraction of sp³-hybridized carbons (Fsp3) is 0.250. The Labute approximate surface area is 151 Å². The van der Waals surface area contributed by atoms with E-state index in [1.165, 1.54) is 16.9 Å². The van der Waals surface area contributed by atoms with Crippen molar-refractivity contribution < 1.29 is 4.74 Å². The van der Waals surface area contributed by atoms with E-state index < -0.39 is 0 Å². The number of hydrogen-bond acceptors (Lipinski definition) is 5. The second kappa shape index (κ2) is 6.76. The number of benzene rings is 2. The highest BCUT2D eigenvalue weighted by Gasteiger charge is 2.25. The molecule has 0 saturated heterocycles. The van der Waals surface area contributed by atoms with E-state index in [0.717, 1.165) is 42.2 Å². The Morgan fingerprint density at radius 3 is 2.80 bits per heavy atom. The summed E-state index contributed by atoms with van der Waals surface area (Å²) >= 11 is 1.47. The molecule has 0 fully saturated rings. The molecule has 1 aliphatic heterocycles. The summed E-state index contributed by atoms with van der Waals surface area (Å²) in [5.74, 6) is 0.945. The van der Waals surface area contributed by atoms with E-state index in [9.17, 15) is 0 Å². The van der Waals surface area contributed by atoms with Gasteiger partial charge in [-0.3, -0.25) is 0 Å². The molecule has 5 heteroatoms. The highest BCUT2D eigenvalue weighted by Crippen LogP contribution is 2.38. The number of aromatic nitrogens is 1. The van der Waals surface area contributed by atoms with Gasteiger partial charge in [0.25, 0.3) is 0 Å². The van der Waals surface area contributed by atoms with Crippen LogP contribution >= 0.6 is 11.3 Å². The molecule has 0 bridgehead atoms. The van der Waals surface area contributed by atoms with Gasteiger partial charge in [0.15, 0.2) is 5.13 Å². The average Bonchev–Trinajstić information content (AvgIpc) is 3.08. The third-order valence-corrected chi connectivity index (χ3v) is 5.18. The molecule has 128 valence electrons. The van der Waals surface area contributed by atoms with Crippen molar-refractivity contribution in [3.8, 4) is 17.0 Å². The van der Waals surface area contributed by atoms with Crippen molar-refractivity contribution in [3.63, 3.8) is 0 Å². The number of nitrogens with two attached hydrogens (primary N) is 1. The Morgan fingerprint density at radius 1 is 1.24 bits per heavy atom. The van der Waals surface area contributed by atoms with Crippen LogP contribution < -0.4 is 15.4 Å². The van der Waals surface area contributed by atoms with Crippen molar-refractivity contribution in [2.24, 2.45) is 0 Å². The summed E-state index contributed by atoms with van der Waals surface area (Å²) in [5.41, 5.74) is 10.2. The molecule has 4 rings (SSSR count). The Balaban J connectivity index is 1.70. The smallest absolute Gasteiger partial charge is 0.180 e. The third-order valence-electron chi connectivity index (χ3n) is 4.51. The van der Waals surface area contributed by atoms with Crippen LogP contribution in [0.3, 0.4) is 0 Å². The predicted octanol–water partition coefficient (Wildman–Crippen LogP) is 4.57. The van der Waals surface area contributed by atoms with Crippen molar-refractivity contribution in [3.05, 3.63) is 59.5 Å². The molecule has 2 aromatic carbocycles. The molecule has 1 atom stereocenters. The lowest BCUT2D eigenvalue weighted by atomic mass is 10.1. The van der Waals surface area contributed by atoms with Crippen molar-refractivity contribution in [2.75, 3.05) is 17.2 Å². The fourth-order valence-electron chi connectivity index (χ4n) is 3.17. The summed E-state index contributed by atoms with van der Waals surface area (Å²) in [7, 11) is 0. The van der Waals surface area contributed by atoms with Gasteiger partial charge in [0.05, 0.1) is 17.9 Å². The molecule has 0 radical (unpaired) electrons. The minimum atomic E-state index is 0.219. The molecule has 4 nitrogen and oxygen atoms in total. The zero-order valence-electron chi connectivity index (χ0n) is 14.2. The van der Waals surface area contributed by atoms with E-state index in [4.69, 9.17) is 10.5 Å². The van der Waals surface area contributed by atoms with E-state index >= 15 is 0 Å². The number of nitrogens with zero attached hydrogens (tertiary/aromatic N) is 2. The van der Waals surface area contributed by atoms with Crippen LogP contribution in [-0.2, 0) is 6.54 Å². The van der Waals surface area contributed by atoms with E-state index in [2.05, 4.69) is 65.3 Å². The first kappa shape index (κ1) is 16.0. The largest absolute Gasteiger partial charge is 0.486 e. The second-order valence-electron chi connectivity index (χ2n) is 6.27. The van der Waals surface area contributed by atoms with E-state index in [1.54, 1.807) is 0 Å². The first-order valence-electron chi connectivity index (χ1n) is 8.54. The molecule has 3 aromatic rings. The maximum atomic E-state index is 6.16. The van der Waals surface area contributed by atoms with E-state index in [0.29, 0.717) is 5.13 Å². The molecule has 2 N–H and O–H groups in total. The van der Waals surface area contributed by atoms with Crippen molar-refractivity contribution >= 4 is 22.2 Å². The summed E-state index contributed by atoms with van der Waals surface area (Å²) in [6.07, 6.45) is 1.21. The number of anilines is 2. The molecule has 0 amide bonds. The molecule has 2 heterocycles. The topological polar surface area (TPSA) is 51.4 Å². The minimum Gasteiger partial charge on any atom is -0.486 e. The summed E-state index contributed by atoms with van der Waals surface area (Å²) in [6, 6.07) is 16.8. The number of fused-ring (bicyclic) bond motifs is 1. The highest BCUT2D eigenvalue weighted by atomic mass is 32.1. The number of hydrogen-bond donors (Lipinski definition) is 1. The minimum absolute atomic E-state index is 0.219. The van der Waals surface area contributed by atoms with Gasteiger partial charge in [-0.1, -0.05) is 37.3 Å².